The van der Waals surface area contributed by atoms with Crippen molar-refractivity contribution in [2.24, 2.45) is 5.92 Å². The molecule has 1 unspecified atom stereocenters. The van der Waals surface area contributed by atoms with Crippen LogP contribution in [-0.2, 0) is 4.79 Å². The minimum Gasteiger partial charge on any atom is -0.343 e. The monoisotopic (exact) mass is 240 g/mol. The first kappa shape index (κ1) is 14.5. The summed E-state index contributed by atoms with van der Waals surface area (Å²) in [5.41, 5.74) is 0. The Morgan fingerprint density at radius 2 is 2.12 bits per heavy atom. The molecule has 1 amide bonds. The van der Waals surface area contributed by atoms with E-state index < -0.39 is 0 Å². The van der Waals surface area contributed by atoms with Crippen molar-refractivity contribution in [2.45, 2.75) is 58.9 Å². The zero-order valence-corrected chi connectivity index (χ0v) is 11.7. The Hall–Kier alpha value is -0.570. The van der Waals surface area contributed by atoms with Crippen LogP contribution < -0.4 is 5.32 Å². The van der Waals surface area contributed by atoms with Crippen LogP contribution in [0.4, 0.5) is 0 Å². The molecular weight excluding hydrogens is 212 g/mol. The number of likely N-dealkylation sites (tertiary alicyclic amines) is 1. The largest absolute Gasteiger partial charge is 0.343 e. The molecule has 3 nitrogen and oxygen atoms in total. The average Bonchev–Trinajstić information content (AvgIpc) is 2.53. The third-order valence-corrected chi connectivity index (χ3v) is 3.67. The topological polar surface area (TPSA) is 32.3 Å². The van der Waals surface area contributed by atoms with Gasteiger partial charge in [0.2, 0.25) is 5.91 Å². The number of hydrogen-bond acceptors (Lipinski definition) is 2. The summed E-state index contributed by atoms with van der Waals surface area (Å²) in [4.78, 5) is 14.1. The van der Waals surface area contributed by atoms with E-state index in [-0.39, 0.29) is 0 Å². The van der Waals surface area contributed by atoms with Gasteiger partial charge in [-0.2, -0.15) is 0 Å². The van der Waals surface area contributed by atoms with Gasteiger partial charge in [-0.1, -0.05) is 27.2 Å². The quantitative estimate of drug-likeness (QED) is 0.800. The molecule has 0 aliphatic carbocycles. The maximum atomic E-state index is 12.0. The van der Waals surface area contributed by atoms with Gasteiger partial charge in [0.15, 0.2) is 0 Å². The van der Waals surface area contributed by atoms with E-state index in [0.29, 0.717) is 18.4 Å². The minimum absolute atomic E-state index is 0.329. The predicted octanol–water partition coefficient (Wildman–Crippen LogP) is 2.41. The van der Waals surface area contributed by atoms with E-state index in [2.05, 4.69) is 31.0 Å². The van der Waals surface area contributed by atoms with Crippen LogP contribution >= 0.6 is 0 Å². The molecule has 0 aromatic rings. The third-order valence-electron chi connectivity index (χ3n) is 3.67. The van der Waals surface area contributed by atoms with E-state index >= 15 is 0 Å². The third kappa shape index (κ3) is 5.53. The lowest BCUT2D eigenvalue weighted by atomic mass is 9.98. The molecule has 0 aromatic heterocycles. The van der Waals surface area contributed by atoms with Crippen LogP contribution in [0.2, 0.25) is 0 Å². The molecule has 1 rings (SSSR count). The fraction of sp³-hybridized carbons (Fsp3) is 0.929. The number of nitrogens with one attached hydrogen (secondary N) is 1. The van der Waals surface area contributed by atoms with Crippen LogP contribution in [0.3, 0.4) is 0 Å². The van der Waals surface area contributed by atoms with E-state index in [0.717, 1.165) is 25.6 Å². The van der Waals surface area contributed by atoms with Crippen molar-refractivity contribution in [3.8, 4) is 0 Å². The zero-order chi connectivity index (χ0) is 12.7. The second kappa shape index (κ2) is 7.70. The van der Waals surface area contributed by atoms with Crippen molar-refractivity contribution in [2.75, 3.05) is 19.6 Å². The molecule has 1 N–H and O–H groups in total. The number of hydrogen-bond donors (Lipinski definition) is 1. The van der Waals surface area contributed by atoms with Crippen molar-refractivity contribution in [3.63, 3.8) is 0 Å². The Morgan fingerprint density at radius 3 is 2.76 bits per heavy atom. The van der Waals surface area contributed by atoms with Crippen LogP contribution in [0.25, 0.3) is 0 Å². The standard InChI is InChI=1S/C14H28N2O/c1-4-13-6-5-10-16(11-8-13)14(17)7-9-15-12(2)3/h12-13,15H,4-11H2,1-3H3. The number of rotatable bonds is 5. The van der Waals surface area contributed by atoms with Gasteiger partial charge >= 0.3 is 0 Å². The molecule has 0 aromatic carbocycles. The summed E-state index contributed by atoms with van der Waals surface area (Å²) < 4.78 is 0. The number of amides is 1. The predicted molar refractivity (Wildman–Crippen MR) is 72.0 cm³/mol. The minimum atomic E-state index is 0.329. The summed E-state index contributed by atoms with van der Waals surface area (Å²) in [6.07, 6.45) is 5.58. The molecule has 0 saturated carbocycles. The second-order valence-corrected chi connectivity index (χ2v) is 5.44. The number of carbonyl (C=O) groups excluding carboxylic acids is 1. The maximum Gasteiger partial charge on any atom is 0.223 e. The van der Waals surface area contributed by atoms with E-state index in [9.17, 15) is 4.79 Å². The van der Waals surface area contributed by atoms with Crippen molar-refractivity contribution >= 4 is 5.91 Å². The van der Waals surface area contributed by atoms with Gasteiger partial charge in [-0.3, -0.25) is 4.79 Å². The molecule has 1 heterocycles. The number of carbonyl (C=O) groups is 1. The van der Waals surface area contributed by atoms with Crippen LogP contribution in [0.1, 0.15) is 52.9 Å². The van der Waals surface area contributed by atoms with Gasteiger partial charge in [-0.25, -0.2) is 0 Å². The molecule has 1 aliphatic rings. The Morgan fingerprint density at radius 1 is 1.35 bits per heavy atom. The van der Waals surface area contributed by atoms with Crippen LogP contribution in [0.5, 0.6) is 0 Å². The highest BCUT2D eigenvalue weighted by Crippen LogP contribution is 2.20. The lowest BCUT2D eigenvalue weighted by Crippen LogP contribution is -2.35. The number of nitrogens with zero attached hydrogens (tertiary/aromatic N) is 1. The Labute approximate surface area is 106 Å². The van der Waals surface area contributed by atoms with Gasteiger partial charge in [-0.05, 0) is 25.2 Å². The molecule has 1 aliphatic heterocycles. The summed E-state index contributed by atoms with van der Waals surface area (Å²) >= 11 is 0. The Bertz CT molecular complexity index is 228. The average molecular weight is 240 g/mol. The first-order valence-corrected chi connectivity index (χ1v) is 7.14. The molecule has 1 atom stereocenters. The molecule has 1 fully saturated rings. The lowest BCUT2D eigenvalue weighted by molar-refractivity contribution is -0.131. The highest BCUT2D eigenvalue weighted by Gasteiger charge is 2.19. The van der Waals surface area contributed by atoms with Crippen molar-refractivity contribution in [1.29, 1.82) is 0 Å². The van der Waals surface area contributed by atoms with E-state index in [1.54, 1.807) is 0 Å². The van der Waals surface area contributed by atoms with Crippen molar-refractivity contribution in [3.05, 3.63) is 0 Å². The summed E-state index contributed by atoms with van der Waals surface area (Å²) in [5.74, 6) is 1.16. The van der Waals surface area contributed by atoms with E-state index in [1.165, 1.54) is 25.7 Å². The summed E-state index contributed by atoms with van der Waals surface area (Å²) in [6.45, 7) is 9.24. The van der Waals surface area contributed by atoms with Gasteiger partial charge < -0.3 is 10.2 Å². The first-order chi connectivity index (χ1) is 8.13. The summed E-state index contributed by atoms with van der Waals surface area (Å²) in [7, 11) is 0. The van der Waals surface area contributed by atoms with E-state index in [1.807, 2.05) is 0 Å². The highest BCUT2D eigenvalue weighted by molar-refractivity contribution is 5.76. The SMILES string of the molecule is CCC1CCCN(C(=O)CCNC(C)C)CC1. The Balaban J connectivity index is 2.26. The smallest absolute Gasteiger partial charge is 0.223 e. The van der Waals surface area contributed by atoms with Crippen LogP contribution in [0.15, 0.2) is 0 Å². The first-order valence-electron chi connectivity index (χ1n) is 7.14. The second-order valence-electron chi connectivity index (χ2n) is 5.44. The van der Waals surface area contributed by atoms with Gasteiger partial charge in [0.25, 0.3) is 0 Å². The van der Waals surface area contributed by atoms with Crippen molar-refractivity contribution in [1.82, 2.24) is 10.2 Å². The molecule has 0 radical (unpaired) electrons. The summed E-state index contributed by atoms with van der Waals surface area (Å²) in [5, 5.41) is 3.30. The molecule has 17 heavy (non-hydrogen) atoms. The fourth-order valence-corrected chi connectivity index (χ4v) is 2.45. The molecule has 0 spiro atoms. The molecule has 0 bridgehead atoms. The molecule has 1 saturated heterocycles. The Kier molecular flexibility index (Phi) is 6.56. The summed E-state index contributed by atoms with van der Waals surface area (Å²) in [6, 6.07) is 0.469. The van der Waals surface area contributed by atoms with Gasteiger partial charge in [0.1, 0.15) is 0 Å². The van der Waals surface area contributed by atoms with Crippen LogP contribution in [0, 0.1) is 5.92 Å². The van der Waals surface area contributed by atoms with Crippen molar-refractivity contribution < 1.29 is 4.79 Å². The highest BCUT2D eigenvalue weighted by atomic mass is 16.2. The molecule has 3 heteroatoms. The normalized spacial score (nSPS) is 21.6. The maximum absolute atomic E-state index is 12.0. The van der Waals surface area contributed by atoms with E-state index in [4.69, 9.17) is 0 Å². The lowest BCUT2D eigenvalue weighted by Gasteiger charge is -2.21. The molecule has 100 valence electrons. The van der Waals surface area contributed by atoms with Gasteiger partial charge in [0, 0.05) is 32.1 Å². The fourth-order valence-electron chi connectivity index (χ4n) is 2.45. The molecular formula is C14H28N2O. The zero-order valence-electron chi connectivity index (χ0n) is 11.7. The van der Waals surface area contributed by atoms with Gasteiger partial charge in [-0.15, -0.1) is 0 Å². The van der Waals surface area contributed by atoms with Gasteiger partial charge in [0.05, 0.1) is 0 Å². The van der Waals surface area contributed by atoms with Crippen LogP contribution in [-0.4, -0.2) is 36.5 Å².